The van der Waals surface area contributed by atoms with Crippen LogP contribution in [0.5, 0.6) is 5.75 Å². The molecule has 1 aliphatic heterocycles. The minimum absolute atomic E-state index is 0.0473. The lowest BCUT2D eigenvalue weighted by atomic mass is 9.68. The highest BCUT2D eigenvalue weighted by Crippen LogP contribution is 2.44. The molecule has 1 amide bonds. The molecule has 4 nitrogen and oxygen atoms in total. The molecule has 1 fully saturated rings. The fourth-order valence-corrected chi connectivity index (χ4v) is 7.62. The smallest absolute Gasteiger partial charge is 0.216 e. The summed E-state index contributed by atoms with van der Waals surface area (Å²) in [5.74, 6) is 1.11. The largest absolute Gasteiger partial charge is 0.496 e. The topological polar surface area (TPSA) is 41.6 Å². The van der Waals surface area contributed by atoms with E-state index in [4.69, 9.17) is 4.74 Å². The normalized spacial score (nSPS) is 19.2. The summed E-state index contributed by atoms with van der Waals surface area (Å²) < 4.78 is 5.82. The predicted octanol–water partition coefficient (Wildman–Crippen LogP) is 7.09. The lowest BCUT2D eigenvalue weighted by Gasteiger charge is -2.50. The Balaban J connectivity index is 1.38. The number of nitrogens with zero attached hydrogens (tertiary/aromatic N) is 1. The van der Waals surface area contributed by atoms with Crippen LogP contribution >= 0.6 is 0 Å². The summed E-state index contributed by atoms with van der Waals surface area (Å²) in [4.78, 5) is 14.4. The van der Waals surface area contributed by atoms with E-state index >= 15 is 0 Å². The fourth-order valence-electron chi connectivity index (χ4n) is 7.62. The van der Waals surface area contributed by atoms with Gasteiger partial charge in [0, 0.05) is 24.4 Å². The van der Waals surface area contributed by atoms with Gasteiger partial charge in [-0.05, 0) is 99.2 Å². The zero-order valence-electron chi connectivity index (χ0n) is 24.5. The number of carbonyl (C=O) groups excluding carboxylic acids is 1. The van der Waals surface area contributed by atoms with Crippen molar-refractivity contribution < 1.29 is 9.53 Å². The molecule has 1 heterocycles. The lowest BCUT2D eigenvalue weighted by molar-refractivity contribution is -0.118. The number of methoxy groups -OCH3 is 1. The van der Waals surface area contributed by atoms with E-state index in [0.717, 1.165) is 50.8 Å². The quantitative estimate of drug-likeness (QED) is 0.265. The second kappa shape index (κ2) is 13.0. The number of benzene rings is 3. The molecule has 40 heavy (non-hydrogen) atoms. The van der Waals surface area contributed by atoms with Crippen LogP contribution in [0.25, 0.3) is 0 Å². The van der Waals surface area contributed by atoms with Gasteiger partial charge in [0.05, 0.1) is 7.11 Å². The number of ether oxygens (including phenoxy) is 1. The van der Waals surface area contributed by atoms with Gasteiger partial charge in [0.2, 0.25) is 5.91 Å². The number of hydrogen-bond donors (Lipinski definition) is 1. The van der Waals surface area contributed by atoms with Gasteiger partial charge >= 0.3 is 0 Å². The summed E-state index contributed by atoms with van der Waals surface area (Å²) in [6.45, 7) is 4.64. The third-order valence-electron chi connectivity index (χ3n) is 9.65. The van der Waals surface area contributed by atoms with E-state index in [1.165, 1.54) is 54.5 Å². The first-order valence-electron chi connectivity index (χ1n) is 15.3. The Kier molecular flexibility index (Phi) is 9.26. The van der Waals surface area contributed by atoms with Crippen molar-refractivity contribution in [3.05, 3.63) is 101 Å². The molecule has 1 saturated heterocycles. The number of nitrogens with one attached hydrogen (secondary N) is 1. The molecule has 1 atom stereocenters. The zero-order valence-corrected chi connectivity index (χ0v) is 24.5. The Morgan fingerprint density at radius 3 is 2.27 bits per heavy atom. The molecule has 3 aromatic carbocycles. The Labute approximate surface area is 241 Å². The molecule has 1 unspecified atom stereocenters. The van der Waals surface area contributed by atoms with Crippen LogP contribution in [0, 0.1) is 0 Å². The van der Waals surface area contributed by atoms with Gasteiger partial charge < -0.3 is 10.1 Å². The first kappa shape index (κ1) is 28.4. The SMILES string of the molecule is COc1cccc2c1CC1(CCCCN1CCCC(CCCNC(C)=O)(c1ccccc1)c1ccccc1)CC2. The number of piperidine rings is 1. The van der Waals surface area contributed by atoms with Gasteiger partial charge in [-0.15, -0.1) is 0 Å². The molecule has 1 spiro atoms. The third kappa shape index (κ3) is 6.12. The maximum atomic E-state index is 11.6. The molecule has 212 valence electrons. The molecule has 1 aliphatic carbocycles. The van der Waals surface area contributed by atoms with Gasteiger partial charge in [0.1, 0.15) is 5.75 Å². The molecule has 2 aliphatic rings. The van der Waals surface area contributed by atoms with E-state index < -0.39 is 0 Å². The predicted molar refractivity (Wildman–Crippen MR) is 164 cm³/mol. The van der Waals surface area contributed by atoms with Gasteiger partial charge in [-0.2, -0.15) is 0 Å². The molecule has 0 bridgehead atoms. The van der Waals surface area contributed by atoms with Crippen molar-refractivity contribution in [2.24, 2.45) is 0 Å². The van der Waals surface area contributed by atoms with E-state index in [1.807, 2.05) is 7.11 Å². The van der Waals surface area contributed by atoms with Crippen molar-refractivity contribution in [3.8, 4) is 5.75 Å². The third-order valence-corrected chi connectivity index (χ3v) is 9.65. The molecule has 0 saturated carbocycles. The van der Waals surface area contributed by atoms with Crippen LogP contribution in [0.2, 0.25) is 0 Å². The monoisotopic (exact) mass is 538 g/mol. The van der Waals surface area contributed by atoms with E-state index in [9.17, 15) is 4.79 Å². The summed E-state index contributed by atoms with van der Waals surface area (Å²) in [5.41, 5.74) is 5.84. The van der Waals surface area contributed by atoms with Crippen LogP contribution in [-0.2, 0) is 23.1 Å². The minimum atomic E-state index is -0.0771. The van der Waals surface area contributed by atoms with Crippen molar-refractivity contribution in [1.82, 2.24) is 10.2 Å². The van der Waals surface area contributed by atoms with Crippen LogP contribution in [0.3, 0.4) is 0 Å². The lowest BCUT2D eigenvalue weighted by Crippen LogP contribution is -2.55. The van der Waals surface area contributed by atoms with Crippen LogP contribution < -0.4 is 10.1 Å². The van der Waals surface area contributed by atoms with Gasteiger partial charge in [0.15, 0.2) is 0 Å². The molecule has 3 aromatic rings. The second-order valence-corrected chi connectivity index (χ2v) is 11.9. The molecular formula is C36H46N2O2. The van der Waals surface area contributed by atoms with E-state index in [-0.39, 0.29) is 16.9 Å². The second-order valence-electron chi connectivity index (χ2n) is 11.9. The standard InChI is InChI=1S/C36H46N2O2/c1-29(39)37-25-12-22-36(31-15-5-3-6-16-31,32-17-7-4-8-18-32)23-13-27-38-26-10-9-21-35(38)24-20-30-14-11-19-34(40-2)33(30)28-35/h3-8,11,14-19H,9-10,12-13,20-28H2,1-2H3,(H,37,39). The van der Waals surface area contributed by atoms with Crippen molar-refractivity contribution in [1.29, 1.82) is 0 Å². The van der Waals surface area contributed by atoms with Crippen LogP contribution in [0.1, 0.15) is 80.5 Å². The molecule has 4 heteroatoms. The van der Waals surface area contributed by atoms with Crippen molar-refractivity contribution in [3.63, 3.8) is 0 Å². The molecule has 5 rings (SSSR count). The number of rotatable bonds is 11. The highest BCUT2D eigenvalue weighted by Gasteiger charge is 2.42. The number of amides is 1. The summed E-state index contributed by atoms with van der Waals surface area (Å²) in [5, 5.41) is 3.03. The Bertz CT molecular complexity index is 1190. The fraction of sp³-hybridized carbons (Fsp3) is 0.472. The number of hydrogen-bond acceptors (Lipinski definition) is 3. The highest BCUT2D eigenvalue weighted by atomic mass is 16.5. The molecule has 0 aromatic heterocycles. The van der Waals surface area contributed by atoms with Gasteiger partial charge in [-0.1, -0.05) is 79.2 Å². The summed E-state index contributed by atoms with van der Waals surface area (Å²) in [7, 11) is 1.81. The molecule has 1 N–H and O–H groups in total. The van der Waals surface area contributed by atoms with Crippen LogP contribution in [0.15, 0.2) is 78.9 Å². The van der Waals surface area contributed by atoms with Gasteiger partial charge in [0.25, 0.3) is 0 Å². The number of likely N-dealkylation sites (tertiary alicyclic amines) is 1. The Hall–Kier alpha value is -3.11. The van der Waals surface area contributed by atoms with E-state index in [2.05, 4.69) is 89.1 Å². The Morgan fingerprint density at radius 2 is 1.60 bits per heavy atom. The average Bonchev–Trinajstić information content (AvgIpc) is 3.00. The van der Waals surface area contributed by atoms with E-state index in [0.29, 0.717) is 6.54 Å². The number of fused-ring (bicyclic) bond motifs is 1. The van der Waals surface area contributed by atoms with Crippen molar-refractivity contribution in [2.45, 2.75) is 82.1 Å². The van der Waals surface area contributed by atoms with Crippen molar-refractivity contribution in [2.75, 3.05) is 26.7 Å². The molecule has 0 radical (unpaired) electrons. The van der Waals surface area contributed by atoms with Crippen LogP contribution in [-0.4, -0.2) is 43.1 Å². The highest BCUT2D eigenvalue weighted by molar-refractivity contribution is 5.72. The molecular weight excluding hydrogens is 492 g/mol. The maximum absolute atomic E-state index is 11.6. The zero-order chi connectivity index (χ0) is 27.8. The van der Waals surface area contributed by atoms with Crippen molar-refractivity contribution >= 4 is 5.91 Å². The van der Waals surface area contributed by atoms with Gasteiger partial charge in [-0.3, -0.25) is 9.69 Å². The van der Waals surface area contributed by atoms with Gasteiger partial charge in [-0.25, -0.2) is 0 Å². The average molecular weight is 539 g/mol. The summed E-state index contributed by atoms with van der Waals surface area (Å²) in [6, 6.07) is 28.7. The van der Waals surface area contributed by atoms with E-state index in [1.54, 1.807) is 6.92 Å². The number of aryl methyl sites for hydroxylation is 1. The summed E-state index contributed by atoms with van der Waals surface area (Å²) >= 11 is 0. The Morgan fingerprint density at radius 1 is 0.900 bits per heavy atom. The minimum Gasteiger partial charge on any atom is -0.496 e. The maximum Gasteiger partial charge on any atom is 0.216 e. The first-order chi connectivity index (χ1) is 19.6. The number of carbonyl (C=O) groups is 1. The van der Waals surface area contributed by atoms with Crippen LogP contribution in [0.4, 0.5) is 0 Å². The first-order valence-corrected chi connectivity index (χ1v) is 15.3. The summed E-state index contributed by atoms with van der Waals surface area (Å²) in [6.07, 6.45) is 11.6.